The van der Waals surface area contributed by atoms with E-state index < -0.39 is 0 Å². The Kier molecular flexibility index (Phi) is 3.23. The van der Waals surface area contributed by atoms with E-state index in [0.29, 0.717) is 0 Å². The summed E-state index contributed by atoms with van der Waals surface area (Å²) in [6, 6.07) is 15.5. The molecule has 1 atom stereocenters. The molecule has 4 heteroatoms. The SMILES string of the molecule is Cp1c2ccccc2c2cc(B3OC(C)(C)C(C)(C)O3)ccc21. The molecule has 1 saturated heterocycles. The minimum absolute atomic E-state index is 0.241. The van der Waals surface area contributed by atoms with Crippen LogP contribution in [0.15, 0.2) is 42.5 Å². The van der Waals surface area contributed by atoms with E-state index in [1.807, 2.05) is 0 Å². The molecular formula is C19H22BO2P. The maximum atomic E-state index is 6.21. The Morgan fingerprint density at radius 2 is 1.43 bits per heavy atom. The average Bonchev–Trinajstić information content (AvgIpc) is 2.91. The van der Waals surface area contributed by atoms with Crippen LogP contribution >= 0.6 is 7.53 Å². The first-order valence-electron chi connectivity index (χ1n) is 8.13. The largest absolute Gasteiger partial charge is 0.494 e. The van der Waals surface area contributed by atoms with Crippen molar-refractivity contribution in [3.63, 3.8) is 0 Å². The lowest BCUT2D eigenvalue weighted by Gasteiger charge is -2.32. The van der Waals surface area contributed by atoms with Gasteiger partial charge in [-0.15, -0.1) is 7.53 Å². The first-order valence-corrected chi connectivity index (χ1v) is 9.92. The lowest BCUT2D eigenvalue weighted by molar-refractivity contribution is 0.00578. The molecule has 0 saturated carbocycles. The highest BCUT2D eigenvalue weighted by Gasteiger charge is 2.51. The predicted octanol–water partition coefficient (Wildman–Crippen LogP) is 4.82. The first-order chi connectivity index (χ1) is 10.8. The van der Waals surface area contributed by atoms with Crippen molar-refractivity contribution < 1.29 is 9.31 Å². The summed E-state index contributed by atoms with van der Waals surface area (Å²) in [5.41, 5.74) is 0.514. The highest BCUT2D eigenvalue weighted by molar-refractivity contribution is 7.59. The van der Waals surface area contributed by atoms with Gasteiger partial charge in [0.2, 0.25) is 0 Å². The molecule has 2 aromatic carbocycles. The number of hydrogen-bond acceptors (Lipinski definition) is 2. The molecule has 2 nitrogen and oxygen atoms in total. The van der Waals surface area contributed by atoms with Gasteiger partial charge in [-0.05, 0) is 50.6 Å². The highest BCUT2D eigenvalue weighted by atomic mass is 31.1. The molecule has 23 heavy (non-hydrogen) atoms. The molecule has 118 valence electrons. The van der Waals surface area contributed by atoms with Crippen LogP contribution in [0.4, 0.5) is 0 Å². The van der Waals surface area contributed by atoms with Crippen molar-refractivity contribution in [1.82, 2.24) is 0 Å². The molecule has 1 unspecified atom stereocenters. The standard InChI is InChI=1S/C19H22BO2P/c1-18(2)19(3,4)22-20(21-18)13-10-11-17-15(12-13)14-8-6-7-9-16(14)23(17)5/h6-12H,1-5H3. The van der Waals surface area contributed by atoms with E-state index in [-0.39, 0.29) is 25.9 Å². The summed E-state index contributed by atoms with van der Waals surface area (Å²) < 4.78 is 12.4. The molecule has 0 bridgehead atoms. The minimum atomic E-state index is -0.300. The summed E-state index contributed by atoms with van der Waals surface area (Å²) in [7, 11) is -0.531. The van der Waals surface area contributed by atoms with Crippen molar-refractivity contribution >= 4 is 41.1 Å². The second kappa shape index (κ2) is 4.86. The third-order valence-corrected chi connectivity index (χ3v) is 7.69. The van der Waals surface area contributed by atoms with Crippen molar-refractivity contribution in [3.05, 3.63) is 42.5 Å². The van der Waals surface area contributed by atoms with Gasteiger partial charge in [-0.2, -0.15) is 0 Å². The van der Waals surface area contributed by atoms with Crippen LogP contribution in [0.5, 0.6) is 0 Å². The molecular weight excluding hydrogens is 302 g/mol. The smallest absolute Gasteiger partial charge is 0.399 e. The monoisotopic (exact) mass is 324 g/mol. The van der Waals surface area contributed by atoms with Gasteiger partial charge >= 0.3 is 7.12 Å². The topological polar surface area (TPSA) is 18.5 Å². The van der Waals surface area contributed by atoms with Gasteiger partial charge < -0.3 is 9.31 Å². The molecule has 1 aliphatic rings. The summed E-state index contributed by atoms with van der Waals surface area (Å²) in [5.74, 6) is 0. The van der Waals surface area contributed by atoms with E-state index in [4.69, 9.17) is 9.31 Å². The maximum Gasteiger partial charge on any atom is 0.494 e. The molecule has 0 aliphatic carbocycles. The van der Waals surface area contributed by atoms with Crippen LogP contribution in [0, 0.1) is 0 Å². The number of fused-ring (bicyclic) bond motifs is 3. The molecule has 0 spiro atoms. The fourth-order valence-corrected chi connectivity index (χ4v) is 5.28. The summed E-state index contributed by atoms with van der Waals surface area (Å²) >= 11 is 0. The fraction of sp³-hybridized carbons (Fsp3) is 0.368. The van der Waals surface area contributed by atoms with Crippen LogP contribution < -0.4 is 5.46 Å². The zero-order valence-corrected chi connectivity index (χ0v) is 15.3. The normalized spacial score (nSPS) is 20.6. The zero-order valence-electron chi connectivity index (χ0n) is 14.4. The first kappa shape index (κ1) is 15.3. The maximum absolute atomic E-state index is 6.21. The van der Waals surface area contributed by atoms with Crippen LogP contribution in [0.1, 0.15) is 27.7 Å². The lowest BCUT2D eigenvalue weighted by atomic mass is 9.78. The molecule has 1 fully saturated rings. The second-order valence-corrected chi connectivity index (χ2v) is 9.52. The van der Waals surface area contributed by atoms with Crippen molar-refractivity contribution in [3.8, 4) is 0 Å². The van der Waals surface area contributed by atoms with Gasteiger partial charge in [0.1, 0.15) is 0 Å². The van der Waals surface area contributed by atoms with Crippen molar-refractivity contribution in [2.75, 3.05) is 0 Å². The van der Waals surface area contributed by atoms with E-state index in [2.05, 4.69) is 76.8 Å². The predicted molar refractivity (Wildman–Crippen MR) is 101 cm³/mol. The fourth-order valence-electron chi connectivity index (χ4n) is 3.31. The van der Waals surface area contributed by atoms with E-state index >= 15 is 0 Å². The lowest BCUT2D eigenvalue weighted by Crippen LogP contribution is -2.41. The summed E-state index contributed by atoms with van der Waals surface area (Å²) in [5, 5.41) is 5.65. The number of hydrogen-bond donors (Lipinski definition) is 0. The van der Waals surface area contributed by atoms with Gasteiger partial charge in [0.15, 0.2) is 0 Å². The summed E-state index contributed by atoms with van der Waals surface area (Å²) in [6.07, 6.45) is 0. The van der Waals surface area contributed by atoms with Gasteiger partial charge in [0.25, 0.3) is 0 Å². The molecule has 0 N–H and O–H groups in total. The molecule has 3 aromatic rings. The Hall–Kier alpha value is -1.28. The number of aryl methyl sites for hydroxylation is 1. The van der Waals surface area contributed by atoms with E-state index in [9.17, 15) is 0 Å². The molecule has 2 heterocycles. The van der Waals surface area contributed by atoms with E-state index in [1.54, 1.807) is 0 Å². The van der Waals surface area contributed by atoms with Gasteiger partial charge in [-0.1, -0.05) is 42.5 Å². The number of benzene rings is 2. The molecule has 1 aromatic heterocycles. The number of rotatable bonds is 1. The summed E-state index contributed by atoms with van der Waals surface area (Å²) in [6.45, 7) is 10.7. The molecule has 1 aliphatic heterocycles. The second-order valence-electron chi connectivity index (χ2n) is 7.44. The van der Waals surface area contributed by atoms with Gasteiger partial charge in [0, 0.05) is 10.2 Å². The Morgan fingerprint density at radius 1 is 0.826 bits per heavy atom. The third-order valence-electron chi connectivity index (χ3n) is 5.46. The van der Waals surface area contributed by atoms with Gasteiger partial charge in [-0.25, -0.2) is 0 Å². The van der Waals surface area contributed by atoms with Crippen LogP contribution in [-0.2, 0) is 16.0 Å². The molecule has 0 radical (unpaired) electrons. The third kappa shape index (κ3) is 2.18. The van der Waals surface area contributed by atoms with Gasteiger partial charge in [0.05, 0.1) is 11.2 Å². The van der Waals surface area contributed by atoms with Crippen molar-refractivity contribution in [2.24, 2.45) is 6.66 Å². The highest BCUT2D eigenvalue weighted by Crippen LogP contribution is 2.46. The quantitative estimate of drug-likeness (QED) is 0.598. The van der Waals surface area contributed by atoms with Crippen molar-refractivity contribution in [2.45, 2.75) is 38.9 Å². The summed E-state index contributed by atoms with van der Waals surface area (Å²) in [4.78, 5) is 0. The Balaban J connectivity index is 1.86. The van der Waals surface area contributed by atoms with Gasteiger partial charge in [-0.3, -0.25) is 0 Å². The Bertz CT molecular complexity index is 894. The molecule has 0 amide bonds. The minimum Gasteiger partial charge on any atom is -0.399 e. The average molecular weight is 324 g/mol. The van der Waals surface area contributed by atoms with E-state index in [1.165, 1.54) is 21.0 Å². The van der Waals surface area contributed by atoms with Crippen LogP contribution in [0.2, 0.25) is 0 Å². The molecule has 4 rings (SSSR count). The van der Waals surface area contributed by atoms with Crippen LogP contribution in [-0.4, -0.2) is 18.3 Å². The van der Waals surface area contributed by atoms with Crippen molar-refractivity contribution in [1.29, 1.82) is 0 Å². The zero-order chi connectivity index (χ0) is 16.4. The van der Waals surface area contributed by atoms with Crippen LogP contribution in [0.25, 0.3) is 21.0 Å². The van der Waals surface area contributed by atoms with E-state index in [0.717, 1.165) is 5.46 Å². The Morgan fingerprint density at radius 3 is 2.13 bits per heavy atom. The Labute approximate surface area is 139 Å². The van der Waals surface area contributed by atoms with Crippen LogP contribution in [0.3, 0.4) is 0 Å².